The third-order valence-electron chi connectivity index (χ3n) is 5.25. The SMILES string of the molecule is COCC(C)N(C(=O)O)[C@@H]1CC[C@H](c2cc(NC(=O)Cc3ncc(OC)s3)n[nH]2)C1. The first-order valence-corrected chi connectivity index (χ1v) is 10.6. The van der Waals surface area contributed by atoms with E-state index in [0.29, 0.717) is 28.9 Å². The van der Waals surface area contributed by atoms with Gasteiger partial charge in [0.2, 0.25) is 5.91 Å². The predicted molar refractivity (Wildman–Crippen MR) is 111 cm³/mol. The van der Waals surface area contributed by atoms with Crippen LogP contribution in [0.2, 0.25) is 0 Å². The Morgan fingerprint density at radius 3 is 2.90 bits per heavy atom. The monoisotopic (exact) mass is 437 g/mol. The highest BCUT2D eigenvalue weighted by Crippen LogP contribution is 2.37. The van der Waals surface area contributed by atoms with E-state index in [1.807, 2.05) is 13.0 Å². The summed E-state index contributed by atoms with van der Waals surface area (Å²) in [6.45, 7) is 2.21. The Labute approximate surface area is 178 Å². The van der Waals surface area contributed by atoms with Crippen LogP contribution in [0.3, 0.4) is 0 Å². The van der Waals surface area contributed by atoms with Gasteiger partial charge in [-0.2, -0.15) is 5.10 Å². The van der Waals surface area contributed by atoms with Crippen molar-refractivity contribution in [1.82, 2.24) is 20.1 Å². The second kappa shape index (κ2) is 9.90. The maximum absolute atomic E-state index is 12.2. The average Bonchev–Trinajstić information content (AvgIpc) is 3.42. The molecule has 3 N–H and O–H groups in total. The average molecular weight is 438 g/mol. The molecule has 30 heavy (non-hydrogen) atoms. The third kappa shape index (κ3) is 5.28. The number of rotatable bonds is 9. The second-order valence-corrected chi connectivity index (χ2v) is 8.45. The molecule has 0 saturated heterocycles. The van der Waals surface area contributed by atoms with Crippen molar-refractivity contribution >= 4 is 29.2 Å². The number of aromatic nitrogens is 3. The van der Waals surface area contributed by atoms with Crippen molar-refractivity contribution in [3.63, 3.8) is 0 Å². The van der Waals surface area contributed by atoms with Crippen molar-refractivity contribution in [2.24, 2.45) is 0 Å². The lowest BCUT2D eigenvalue weighted by Crippen LogP contribution is -2.46. The highest BCUT2D eigenvalue weighted by Gasteiger charge is 2.35. The van der Waals surface area contributed by atoms with Crippen LogP contribution in [0.25, 0.3) is 0 Å². The minimum atomic E-state index is -0.929. The number of carbonyl (C=O) groups excluding carboxylic acids is 1. The Bertz CT molecular complexity index is 869. The molecule has 0 bridgehead atoms. The summed E-state index contributed by atoms with van der Waals surface area (Å²) in [5.74, 6) is 0.401. The van der Waals surface area contributed by atoms with Gasteiger partial charge in [0.05, 0.1) is 32.4 Å². The molecule has 2 aromatic rings. The smallest absolute Gasteiger partial charge is 0.407 e. The minimum Gasteiger partial charge on any atom is -0.486 e. The fraction of sp³-hybridized carbons (Fsp3) is 0.579. The molecule has 1 aliphatic carbocycles. The fourth-order valence-corrected chi connectivity index (χ4v) is 4.65. The first-order valence-electron chi connectivity index (χ1n) is 9.75. The quantitative estimate of drug-likeness (QED) is 0.550. The Balaban J connectivity index is 1.57. The van der Waals surface area contributed by atoms with Crippen LogP contribution in [0.15, 0.2) is 12.3 Å². The van der Waals surface area contributed by atoms with E-state index in [1.54, 1.807) is 20.4 Å². The molecular formula is C19H27N5O5S. The second-order valence-electron chi connectivity index (χ2n) is 7.37. The first kappa shape index (κ1) is 22.0. The predicted octanol–water partition coefficient (Wildman–Crippen LogP) is 2.71. The van der Waals surface area contributed by atoms with Crippen LogP contribution in [0.1, 0.15) is 42.8 Å². The van der Waals surface area contributed by atoms with Crippen molar-refractivity contribution in [2.75, 3.05) is 26.1 Å². The Kier molecular flexibility index (Phi) is 7.27. The topological polar surface area (TPSA) is 130 Å². The number of nitrogens with zero attached hydrogens (tertiary/aromatic N) is 3. The van der Waals surface area contributed by atoms with Gasteiger partial charge < -0.3 is 24.8 Å². The molecule has 3 atom stereocenters. The maximum Gasteiger partial charge on any atom is 0.407 e. The highest BCUT2D eigenvalue weighted by atomic mass is 32.1. The van der Waals surface area contributed by atoms with E-state index in [4.69, 9.17) is 9.47 Å². The number of carbonyl (C=O) groups is 2. The van der Waals surface area contributed by atoms with Gasteiger partial charge in [0.15, 0.2) is 10.9 Å². The molecule has 0 radical (unpaired) electrons. The van der Waals surface area contributed by atoms with Gasteiger partial charge in [0.25, 0.3) is 0 Å². The number of aromatic amines is 1. The van der Waals surface area contributed by atoms with Crippen molar-refractivity contribution < 1.29 is 24.2 Å². The van der Waals surface area contributed by atoms with Crippen molar-refractivity contribution in [2.45, 2.75) is 50.6 Å². The number of amides is 2. The number of hydrogen-bond donors (Lipinski definition) is 3. The van der Waals surface area contributed by atoms with Crippen molar-refractivity contribution in [3.8, 4) is 5.06 Å². The van der Waals surface area contributed by atoms with E-state index in [-0.39, 0.29) is 30.3 Å². The molecule has 0 aromatic carbocycles. The summed E-state index contributed by atoms with van der Waals surface area (Å²) < 4.78 is 10.2. The van der Waals surface area contributed by atoms with E-state index < -0.39 is 6.09 Å². The van der Waals surface area contributed by atoms with E-state index >= 15 is 0 Å². The molecule has 3 rings (SSSR count). The van der Waals surface area contributed by atoms with Gasteiger partial charge in [0, 0.05) is 30.8 Å². The van der Waals surface area contributed by atoms with Crippen LogP contribution in [-0.2, 0) is 16.0 Å². The normalized spacial score (nSPS) is 19.4. The molecule has 11 heteroatoms. The van der Waals surface area contributed by atoms with Crippen LogP contribution in [-0.4, -0.2) is 70.1 Å². The zero-order valence-electron chi connectivity index (χ0n) is 17.3. The summed E-state index contributed by atoms with van der Waals surface area (Å²) in [6.07, 6.45) is 3.13. The summed E-state index contributed by atoms with van der Waals surface area (Å²) in [5.41, 5.74) is 0.897. The Morgan fingerprint density at radius 2 is 2.23 bits per heavy atom. The molecule has 0 aliphatic heterocycles. The standard InChI is InChI=1S/C19H27N5O5S/c1-11(10-28-2)24(19(26)27)13-5-4-12(6-13)14-7-15(23-22-14)21-16(25)8-17-20-9-18(29-3)30-17/h7,9,11-13H,4-6,8,10H2,1-3H3,(H,26,27)(H2,21,22,23,25)/t11?,12-,13+/m0/s1. The zero-order chi connectivity index (χ0) is 21.7. The number of anilines is 1. The molecule has 1 saturated carbocycles. The number of H-pyrrole nitrogens is 1. The van der Waals surface area contributed by atoms with E-state index in [2.05, 4.69) is 20.5 Å². The van der Waals surface area contributed by atoms with Gasteiger partial charge in [-0.1, -0.05) is 11.3 Å². The molecule has 1 aliphatic rings. The van der Waals surface area contributed by atoms with Crippen LogP contribution in [0, 0.1) is 0 Å². The van der Waals surface area contributed by atoms with Crippen LogP contribution >= 0.6 is 11.3 Å². The van der Waals surface area contributed by atoms with Gasteiger partial charge in [-0.15, -0.1) is 0 Å². The lowest BCUT2D eigenvalue weighted by Gasteiger charge is -2.31. The van der Waals surface area contributed by atoms with E-state index in [0.717, 1.165) is 18.5 Å². The summed E-state index contributed by atoms with van der Waals surface area (Å²) in [7, 11) is 3.13. The fourth-order valence-electron chi connectivity index (χ4n) is 3.92. The number of ether oxygens (including phenoxy) is 2. The molecule has 2 heterocycles. The van der Waals surface area contributed by atoms with Gasteiger partial charge in [-0.3, -0.25) is 9.89 Å². The molecule has 10 nitrogen and oxygen atoms in total. The Hall–Kier alpha value is -2.66. The number of hydrogen-bond acceptors (Lipinski definition) is 7. The molecule has 1 fully saturated rings. The highest BCUT2D eigenvalue weighted by molar-refractivity contribution is 7.13. The summed E-state index contributed by atoms with van der Waals surface area (Å²) >= 11 is 1.32. The minimum absolute atomic E-state index is 0.0705. The lowest BCUT2D eigenvalue weighted by atomic mass is 10.0. The molecule has 164 valence electrons. The first-order chi connectivity index (χ1) is 14.4. The number of nitrogens with one attached hydrogen (secondary N) is 2. The zero-order valence-corrected chi connectivity index (χ0v) is 18.1. The molecule has 1 unspecified atom stereocenters. The molecule has 2 aromatic heterocycles. The van der Waals surface area contributed by atoms with Gasteiger partial charge in [0.1, 0.15) is 5.01 Å². The van der Waals surface area contributed by atoms with Gasteiger partial charge >= 0.3 is 6.09 Å². The van der Waals surface area contributed by atoms with Crippen molar-refractivity contribution in [1.29, 1.82) is 0 Å². The molecule has 2 amide bonds. The largest absolute Gasteiger partial charge is 0.486 e. The van der Waals surface area contributed by atoms with Crippen LogP contribution in [0.4, 0.5) is 10.6 Å². The lowest BCUT2D eigenvalue weighted by molar-refractivity contribution is -0.115. The summed E-state index contributed by atoms with van der Waals surface area (Å²) in [4.78, 5) is 29.6. The Morgan fingerprint density at radius 1 is 1.43 bits per heavy atom. The maximum atomic E-state index is 12.2. The van der Waals surface area contributed by atoms with Gasteiger partial charge in [-0.25, -0.2) is 9.78 Å². The summed E-state index contributed by atoms with van der Waals surface area (Å²) in [5, 5.41) is 20.9. The number of methoxy groups -OCH3 is 2. The number of carboxylic acid groups (broad SMARTS) is 1. The summed E-state index contributed by atoms with van der Waals surface area (Å²) in [6, 6.07) is 1.54. The van der Waals surface area contributed by atoms with Gasteiger partial charge in [-0.05, 0) is 26.2 Å². The van der Waals surface area contributed by atoms with Crippen LogP contribution in [0.5, 0.6) is 5.06 Å². The van der Waals surface area contributed by atoms with Crippen LogP contribution < -0.4 is 10.1 Å². The van der Waals surface area contributed by atoms with Crippen molar-refractivity contribution in [3.05, 3.63) is 23.0 Å². The molecule has 0 spiro atoms. The van der Waals surface area contributed by atoms with E-state index in [9.17, 15) is 14.7 Å². The third-order valence-corrected chi connectivity index (χ3v) is 6.21. The van der Waals surface area contributed by atoms with E-state index in [1.165, 1.54) is 16.2 Å². The molecular weight excluding hydrogens is 410 g/mol. The number of thiazole rings is 1.